The second-order valence-corrected chi connectivity index (χ2v) is 8.83. The molecule has 160 valence electrons. The molecule has 0 aromatic heterocycles. The van der Waals surface area contributed by atoms with E-state index in [-0.39, 0.29) is 29.3 Å². The average Bonchev–Trinajstić information content (AvgIpc) is 3.03. The van der Waals surface area contributed by atoms with Gasteiger partial charge in [-0.2, -0.15) is 0 Å². The van der Waals surface area contributed by atoms with Crippen LogP contribution >= 0.6 is 11.8 Å². The van der Waals surface area contributed by atoms with E-state index in [9.17, 15) is 14.4 Å². The molecule has 3 rings (SSSR count). The first-order chi connectivity index (χ1) is 14.3. The summed E-state index contributed by atoms with van der Waals surface area (Å²) in [5, 5.41) is 1.59. The first-order valence-electron chi connectivity index (χ1n) is 9.94. The predicted molar refractivity (Wildman–Crippen MR) is 116 cm³/mol. The number of dihydropyridines is 1. The lowest BCUT2D eigenvalue weighted by atomic mass is 9.91. The highest BCUT2D eigenvalue weighted by Gasteiger charge is 2.31. The van der Waals surface area contributed by atoms with Crippen LogP contribution in [-0.2, 0) is 20.7 Å². The van der Waals surface area contributed by atoms with Crippen molar-refractivity contribution in [1.29, 1.82) is 0 Å². The van der Waals surface area contributed by atoms with Gasteiger partial charge in [-0.25, -0.2) is 0 Å². The Morgan fingerprint density at radius 3 is 2.60 bits per heavy atom. The number of ether oxygens (including phenoxy) is 2. The van der Waals surface area contributed by atoms with Gasteiger partial charge in [-0.15, -0.1) is 0 Å². The van der Waals surface area contributed by atoms with Gasteiger partial charge in [0.15, 0.2) is 6.10 Å². The van der Waals surface area contributed by atoms with Crippen molar-refractivity contribution in [3.05, 3.63) is 41.5 Å². The maximum atomic E-state index is 11.7. The standard InChI is InChI=1S/C22H26N2O5S/c1-4-22(3)10-9-16(12-23-22)18(29-14(2)25)13-28-17-7-5-15(6-8-17)11-19-20(26)24-21(27)30-19/h5-9,12,18-19H,4,10-11,13H2,1-3H3,(H,24,26,27)/t18-,19?,22?/m1/s1. The number of amides is 2. The van der Waals surface area contributed by atoms with Crippen LogP contribution in [0.15, 0.2) is 40.9 Å². The minimum atomic E-state index is -0.531. The van der Waals surface area contributed by atoms with Gasteiger partial charge in [0.2, 0.25) is 5.91 Å². The summed E-state index contributed by atoms with van der Waals surface area (Å²) in [7, 11) is 0. The summed E-state index contributed by atoms with van der Waals surface area (Å²) in [6, 6.07) is 7.33. The first-order valence-corrected chi connectivity index (χ1v) is 10.8. The molecule has 2 unspecified atom stereocenters. The quantitative estimate of drug-likeness (QED) is 0.635. The van der Waals surface area contributed by atoms with E-state index in [1.54, 1.807) is 18.3 Å². The first kappa shape index (κ1) is 22.1. The van der Waals surface area contributed by atoms with Crippen molar-refractivity contribution in [3.63, 3.8) is 0 Å². The molecule has 1 aromatic rings. The number of imide groups is 1. The maximum Gasteiger partial charge on any atom is 0.303 e. The molecule has 3 atom stereocenters. The van der Waals surface area contributed by atoms with Crippen molar-refractivity contribution in [1.82, 2.24) is 5.32 Å². The fourth-order valence-electron chi connectivity index (χ4n) is 3.16. The van der Waals surface area contributed by atoms with Crippen LogP contribution in [0.1, 0.15) is 39.2 Å². The number of carbonyl (C=O) groups excluding carboxylic acids is 3. The van der Waals surface area contributed by atoms with Crippen LogP contribution in [0.5, 0.6) is 5.75 Å². The molecule has 1 aromatic carbocycles. The Bertz CT molecular complexity index is 880. The molecule has 2 aliphatic rings. The molecular weight excluding hydrogens is 404 g/mol. The van der Waals surface area contributed by atoms with Crippen molar-refractivity contribution in [2.24, 2.45) is 4.99 Å². The Labute approximate surface area is 180 Å². The molecule has 30 heavy (non-hydrogen) atoms. The third-order valence-electron chi connectivity index (χ3n) is 5.26. The second-order valence-electron chi connectivity index (χ2n) is 7.66. The SMILES string of the molecule is CCC1(C)CC=C([C@@H](COc2ccc(CC3SC(=O)NC3=O)cc2)OC(C)=O)C=N1. The number of aliphatic imine (C=N–C) groups is 1. The van der Waals surface area contributed by atoms with Crippen LogP contribution in [0, 0.1) is 0 Å². The Kier molecular flexibility index (Phi) is 6.97. The highest BCUT2D eigenvalue weighted by Crippen LogP contribution is 2.27. The van der Waals surface area contributed by atoms with Crippen LogP contribution in [0.2, 0.25) is 0 Å². The number of hydrogen-bond donors (Lipinski definition) is 1. The average molecular weight is 431 g/mol. The van der Waals surface area contributed by atoms with Crippen LogP contribution in [0.3, 0.4) is 0 Å². The van der Waals surface area contributed by atoms with Gasteiger partial charge in [0.05, 0.1) is 10.8 Å². The molecule has 0 saturated carbocycles. The molecule has 1 fully saturated rings. The van der Waals surface area contributed by atoms with E-state index in [1.165, 1.54) is 6.92 Å². The van der Waals surface area contributed by atoms with E-state index >= 15 is 0 Å². The van der Waals surface area contributed by atoms with Crippen LogP contribution in [-0.4, -0.2) is 46.8 Å². The van der Waals surface area contributed by atoms with Crippen molar-refractivity contribution < 1.29 is 23.9 Å². The summed E-state index contributed by atoms with van der Waals surface area (Å²) in [4.78, 5) is 39.1. The Hall–Kier alpha value is -2.61. The molecule has 0 spiro atoms. The zero-order valence-corrected chi connectivity index (χ0v) is 18.2. The molecule has 0 radical (unpaired) electrons. The monoisotopic (exact) mass is 430 g/mol. The van der Waals surface area contributed by atoms with E-state index in [0.29, 0.717) is 12.2 Å². The summed E-state index contributed by atoms with van der Waals surface area (Å²) in [6.07, 6.45) is 5.50. The van der Waals surface area contributed by atoms with E-state index in [4.69, 9.17) is 9.47 Å². The van der Waals surface area contributed by atoms with Crippen LogP contribution < -0.4 is 10.1 Å². The van der Waals surface area contributed by atoms with Gasteiger partial charge in [0, 0.05) is 18.7 Å². The largest absolute Gasteiger partial charge is 0.489 e. The lowest BCUT2D eigenvalue weighted by Crippen LogP contribution is -2.31. The van der Waals surface area contributed by atoms with Crippen LogP contribution in [0.4, 0.5) is 4.79 Å². The topological polar surface area (TPSA) is 94.1 Å². The Morgan fingerprint density at radius 2 is 2.07 bits per heavy atom. The second kappa shape index (κ2) is 9.47. The molecule has 2 amide bonds. The zero-order valence-electron chi connectivity index (χ0n) is 17.3. The fourth-order valence-corrected chi connectivity index (χ4v) is 4.02. The van der Waals surface area contributed by atoms with Crippen molar-refractivity contribution in [2.45, 2.75) is 56.9 Å². The van der Waals surface area contributed by atoms with Gasteiger partial charge in [-0.1, -0.05) is 36.9 Å². The minimum Gasteiger partial charge on any atom is -0.489 e. The number of carbonyl (C=O) groups is 3. The lowest BCUT2D eigenvalue weighted by molar-refractivity contribution is -0.145. The molecule has 1 saturated heterocycles. The minimum absolute atomic E-state index is 0.111. The van der Waals surface area contributed by atoms with E-state index in [0.717, 1.165) is 35.7 Å². The third kappa shape index (κ3) is 5.72. The number of esters is 1. The van der Waals surface area contributed by atoms with Gasteiger partial charge < -0.3 is 9.47 Å². The molecule has 0 aliphatic carbocycles. The van der Waals surface area contributed by atoms with Gasteiger partial charge in [-0.05, 0) is 43.9 Å². The molecule has 2 heterocycles. The van der Waals surface area contributed by atoms with Crippen molar-refractivity contribution in [2.75, 3.05) is 6.61 Å². The Morgan fingerprint density at radius 1 is 1.33 bits per heavy atom. The maximum absolute atomic E-state index is 11.7. The number of benzene rings is 1. The van der Waals surface area contributed by atoms with Gasteiger partial charge >= 0.3 is 5.97 Å². The lowest BCUT2D eigenvalue weighted by Gasteiger charge is -2.28. The predicted octanol–water partition coefficient (Wildman–Crippen LogP) is 3.46. The smallest absolute Gasteiger partial charge is 0.303 e. The van der Waals surface area contributed by atoms with Gasteiger partial charge in [0.1, 0.15) is 12.4 Å². The van der Waals surface area contributed by atoms with E-state index in [2.05, 4.69) is 30.2 Å². The third-order valence-corrected chi connectivity index (χ3v) is 6.24. The van der Waals surface area contributed by atoms with E-state index in [1.807, 2.05) is 12.1 Å². The summed E-state index contributed by atoms with van der Waals surface area (Å²) >= 11 is 1.01. The van der Waals surface area contributed by atoms with Gasteiger partial charge in [-0.3, -0.25) is 24.7 Å². The molecule has 0 bridgehead atoms. The van der Waals surface area contributed by atoms with Crippen molar-refractivity contribution in [3.8, 4) is 5.75 Å². The number of rotatable bonds is 8. The molecule has 1 N–H and O–H groups in total. The highest BCUT2D eigenvalue weighted by molar-refractivity contribution is 8.15. The van der Waals surface area contributed by atoms with Gasteiger partial charge in [0.25, 0.3) is 5.24 Å². The molecular formula is C22H26N2O5S. The van der Waals surface area contributed by atoms with E-state index < -0.39 is 11.4 Å². The molecule has 8 heteroatoms. The summed E-state index contributed by atoms with van der Waals surface area (Å²) in [5.74, 6) is -0.00245. The number of thioether (sulfide) groups is 1. The molecule has 2 aliphatic heterocycles. The Balaban J connectivity index is 1.59. The van der Waals surface area contributed by atoms with Crippen molar-refractivity contribution >= 4 is 35.1 Å². The summed E-state index contributed by atoms with van der Waals surface area (Å²) < 4.78 is 11.3. The molecule has 7 nitrogen and oxygen atoms in total. The summed E-state index contributed by atoms with van der Waals surface area (Å²) in [6.45, 7) is 5.75. The normalized spacial score (nSPS) is 24.2. The number of nitrogens with zero attached hydrogens (tertiary/aromatic N) is 1. The number of nitrogens with one attached hydrogen (secondary N) is 1. The van der Waals surface area contributed by atoms with Crippen LogP contribution in [0.25, 0.3) is 0 Å². The fraction of sp³-hybridized carbons (Fsp3) is 0.455. The summed E-state index contributed by atoms with van der Waals surface area (Å²) in [5.41, 5.74) is 1.66. The number of hydrogen-bond acceptors (Lipinski definition) is 7. The highest BCUT2D eigenvalue weighted by atomic mass is 32.2. The zero-order chi connectivity index (χ0) is 21.7.